The van der Waals surface area contributed by atoms with Gasteiger partial charge in [0.15, 0.2) is 0 Å². The van der Waals surface area contributed by atoms with Crippen LogP contribution in [0.3, 0.4) is 0 Å². The molecule has 0 spiro atoms. The third-order valence-electron chi connectivity index (χ3n) is 4.95. The normalized spacial score (nSPS) is 16.8. The molecule has 1 aliphatic heterocycles. The minimum atomic E-state index is -0.299. The second kappa shape index (κ2) is 7.32. The zero-order valence-electron chi connectivity index (χ0n) is 15.9. The van der Waals surface area contributed by atoms with E-state index < -0.39 is 0 Å². The molecule has 2 aromatic carbocycles. The molecule has 3 rings (SSSR count). The van der Waals surface area contributed by atoms with E-state index in [9.17, 15) is 9.59 Å². The number of nitrogens with zero attached hydrogens (tertiary/aromatic N) is 1. The molecule has 4 nitrogen and oxygen atoms in total. The van der Waals surface area contributed by atoms with Crippen LogP contribution in [-0.2, 0) is 16.1 Å². The number of carbonyl (C=O) groups is 2. The summed E-state index contributed by atoms with van der Waals surface area (Å²) in [5.41, 5.74) is 6.54. The molecule has 1 unspecified atom stereocenters. The molecule has 136 valence electrons. The average Bonchev–Trinajstić information content (AvgIpc) is 2.93. The van der Waals surface area contributed by atoms with E-state index in [1.165, 1.54) is 11.1 Å². The van der Waals surface area contributed by atoms with E-state index in [4.69, 9.17) is 0 Å². The zero-order chi connectivity index (χ0) is 18.8. The summed E-state index contributed by atoms with van der Waals surface area (Å²) in [6.45, 7) is 9.07. The summed E-state index contributed by atoms with van der Waals surface area (Å²) in [5.74, 6) is -0.326. The molecule has 26 heavy (non-hydrogen) atoms. The van der Waals surface area contributed by atoms with Crippen LogP contribution in [-0.4, -0.2) is 18.4 Å². The van der Waals surface area contributed by atoms with E-state index in [1.807, 2.05) is 39.0 Å². The van der Waals surface area contributed by atoms with Crippen molar-refractivity contribution in [2.75, 3.05) is 11.4 Å². The van der Waals surface area contributed by atoms with Crippen molar-refractivity contribution in [2.24, 2.45) is 5.92 Å². The summed E-state index contributed by atoms with van der Waals surface area (Å²) >= 11 is 0. The quantitative estimate of drug-likeness (QED) is 0.916. The van der Waals surface area contributed by atoms with Gasteiger partial charge in [-0.2, -0.15) is 0 Å². The average molecular weight is 350 g/mol. The summed E-state index contributed by atoms with van der Waals surface area (Å²) in [7, 11) is 0. The van der Waals surface area contributed by atoms with Gasteiger partial charge in [-0.15, -0.1) is 0 Å². The Morgan fingerprint density at radius 3 is 2.42 bits per heavy atom. The second-order valence-electron chi connectivity index (χ2n) is 7.36. The largest absolute Gasteiger partial charge is 0.352 e. The van der Waals surface area contributed by atoms with Crippen LogP contribution in [0.15, 0.2) is 36.4 Å². The molecule has 1 atom stereocenters. The van der Waals surface area contributed by atoms with Gasteiger partial charge in [0.1, 0.15) is 0 Å². The van der Waals surface area contributed by atoms with E-state index in [-0.39, 0.29) is 24.2 Å². The van der Waals surface area contributed by atoms with Gasteiger partial charge in [-0.1, -0.05) is 47.5 Å². The Kier molecular flexibility index (Phi) is 5.12. The summed E-state index contributed by atoms with van der Waals surface area (Å²) < 4.78 is 0. The van der Waals surface area contributed by atoms with Crippen molar-refractivity contribution >= 4 is 17.5 Å². The van der Waals surface area contributed by atoms with E-state index >= 15 is 0 Å². The van der Waals surface area contributed by atoms with Gasteiger partial charge in [0.25, 0.3) is 0 Å². The maximum atomic E-state index is 12.6. The van der Waals surface area contributed by atoms with E-state index in [1.54, 1.807) is 4.90 Å². The number of amides is 2. The molecule has 0 aliphatic carbocycles. The fourth-order valence-corrected chi connectivity index (χ4v) is 3.85. The van der Waals surface area contributed by atoms with Crippen molar-refractivity contribution in [3.63, 3.8) is 0 Å². The Morgan fingerprint density at radius 2 is 1.77 bits per heavy atom. The topological polar surface area (TPSA) is 49.4 Å². The van der Waals surface area contributed by atoms with E-state index in [0.29, 0.717) is 13.1 Å². The molecule has 0 bridgehead atoms. The van der Waals surface area contributed by atoms with Gasteiger partial charge in [0.05, 0.1) is 5.92 Å². The number of aryl methyl sites for hydroxylation is 4. The van der Waals surface area contributed by atoms with Gasteiger partial charge in [-0.25, -0.2) is 0 Å². The highest BCUT2D eigenvalue weighted by Gasteiger charge is 2.36. The van der Waals surface area contributed by atoms with Crippen LogP contribution in [0.5, 0.6) is 0 Å². The van der Waals surface area contributed by atoms with Crippen molar-refractivity contribution in [1.82, 2.24) is 5.32 Å². The number of benzene rings is 2. The Balaban J connectivity index is 1.68. The molecule has 0 saturated carbocycles. The maximum absolute atomic E-state index is 12.6. The Hall–Kier alpha value is -2.62. The number of nitrogens with one attached hydrogen (secondary N) is 1. The predicted octanol–water partition coefficient (Wildman–Crippen LogP) is 3.59. The first-order valence-corrected chi connectivity index (χ1v) is 9.06. The lowest BCUT2D eigenvalue weighted by atomic mass is 10.0. The number of hydrogen-bond donors (Lipinski definition) is 1. The van der Waals surface area contributed by atoms with Gasteiger partial charge < -0.3 is 10.2 Å². The standard InChI is InChI=1S/C22H26N2O2/c1-14-6-5-7-18(10-14)12-23-22(26)19-11-20(25)24(13-19)21-16(3)8-15(2)9-17(21)4/h5-10,19H,11-13H2,1-4H3,(H,23,26). The van der Waals surface area contributed by atoms with Gasteiger partial charge in [0, 0.05) is 25.2 Å². The SMILES string of the molecule is Cc1cccc(CNC(=O)C2CC(=O)N(c3c(C)cc(C)cc3C)C2)c1. The minimum absolute atomic E-state index is 0.0239. The van der Waals surface area contributed by atoms with Crippen LogP contribution < -0.4 is 10.2 Å². The summed E-state index contributed by atoms with van der Waals surface area (Å²) in [4.78, 5) is 26.9. The molecule has 1 heterocycles. The molecule has 4 heteroatoms. The first-order chi connectivity index (χ1) is 12.3. The van der Waals surface area contributed by atoms with Gasteiger partial charge in [-0.05, 0) is 44.4 Å². The van der Waals surface area contributed by atoms with Gasteiger partial charge in [-0.3, -0.25) is 9.59 Å². The van der Waals surface area contributed by atoms with Crippen LogP contribution in [0.25, 0.3) is 0 Å². The number of anilines is 1. The van der Waals surface area contributed by atoms with Crippen LogP contribution >= 0.6 is 0 Å². The van der Waals surface area contributed by atoms with Crippen molar-refractivity contribution in [2.45, 2.75) is 40.7 Å². The highest BCUT2D eigenvalue weighted by Crippen LogP contribution is 2.31. The lowest BCUT2D eigenvalue weighted by molar-refractivity contribution is -0.126. The molecular weight excluding hydrogens is 324 g/mol. The van der Waals surface area contributed by atoms with Gasteiger partial charge in [0.2, 0.25) is 11.8 Å². The number of carbonyl (C=O) groups excluding carboxylic acids is 2. The molecular formula is C22H26N2O2. The van der Waals surface area contributed by atoms with E-state index in [2.05, 4.69) is 30.4 Å². The van der Waals surface area contributed by atoms with Crippen LogP contribution in [0.2, 0.25) is 0 Å². The Morgan fingerprint density at radius 1 is 1.08 bits per heavy atom. The summed E-state index contributed by atoms with van der Waals surface area (Å²) in [6, 6.07) is 12.2. The Labute approximate surface area is 155 Å². The van der Waals surface area contributed by atoms with Crippen molar-refractivity contribution in [1.29, 1.82) is 0 Å². The van der Waals surface area contributed by atoms with E-state index in [0.717, 1.165) is 22.4 Å². The van der Waals surface area contributed by atoms with Crippen molar-refractivity contribution in [3.8, 4) is 0 Å². The van der Waals surface area contributed by atoms with Gasteiger partial charge >= 0.3 is 0 Å². The minimum Gasteiger partial charge on any atom is -0.352 e. The predicted molar refractivity (Wildman–Crippen MR) is 104 cm³/mol. The second-order valence-corrected chi connectivity index (χ2v) is 7.36. The highest BCUT2D eigenvalue weighted by molar-refractivity contribution is 6.01. The van der Waals surface area contributed by atoms with Crippen molar-refractivity contribution in [3.05, 3.63) is 64.2 Å². The zero-order valence-corrected chi connectivity index (χ0v) is 15.9. The fraction of sp³-hybridized carbons (Fsp3) is 0.364. The Bertz CT molecular complexity index is 834. The number of hydrogen-bond acceptors (Lipinski definition) is 2. The molecule has 1 N–H and O–H groups in total. The molecule has 2 aromatic rings. The third kappa shape index (κ3) is 3.79. The lowest BCUT2D eigenvalue weighted by Crippen LogP contribution is -2.33. The van der Waals surface area contributed by atoms with Crippen LogP contribution in [0.4, 0.5) is 5.69 Å². The van der Waals surface area contributed by atoms with Crippen molar-refractivity contribution < 1.29 is 9.59 Å². The molecule has 1 aliphatic rings. The molecule has 0 radical (unpaired) electrons. The first-order valence-electron chi connectivity index (χ1n) is 9.06. The molecule has 2 amide bonds. The van der Waals surface area contributed by atoms with Crippen LogP contribution in [0.1, 0.15) is 34.2 Å². The third-order valence-corrected chi connectivity index (χ3v) is 4.95. The molecule has 1 saturated heterocycles. The highest BCUT2D eigenvalue weighted by atomic mass is 16.2. The molecule has 1 fully saturated rings. The smallest absolute Gasteiger partial charge is 0.227 e. The monoisotopic (exact) mass is 350 g/mol. The fourth-order valence-electron chi connectivity index (χ4n) is 3.85. The van der Waals surface area contributed by atoms with Crippen LogP contribution in [0, 0.1) is 33.6 Å². The number of rotatable bonds is 4. The summed E-state index contributed by atoms with van der Waals surface area (Å²) in [5, 5.41) is 2.98. The maximum Gasteiger partial charge on any atom is 0.227 e. The first kappa shape index (κ1) is 18.2. The molecule has 0 aromatic heterocycles. The summed E-state index contributed by atoms with van der Waals surface area (Å²) in [6.07, 6.45) is 0.270. The lowest BCUT2D eigenvalue weighted by Gasteiger charge is -2.22.